The number of nitrogens with zero attached hydrogens (tertiary/aromatic N) is 2. The third kappa shape index (κ3) is 4.78. The van der Waals surface area contributed by atoms with Crippen LogP contribution in [0.15, 0.2) is 54.6 Å². The molecule has 7 heteroatoms. The first kappa shape index (κ1) is 22.5. The summed E-state index contributed by atoms with van der Waals surface area (Å²) >= 11 is 0. The fourth-order valence-corrected chi connectivity index (χ4v) is 3.87. The average molecular weight is 424 g/mol. The van der Waals surface area contributed by atoms with E-state index in [1.165, 1.54) is 5.56 Å². The van der Waals surface area contributed by atoms with Crippen LogP contribution in [-0.4, -0.2) is 56.2 Å². The van der Waals surface area contributed by atoms with Crippen LogP contribution in [0, 0.1) is 0 Å². The van der Waals surface area contributed by atoms with Crippen LogP contribution in [0.25, 0.3) is 0 Å². The van der Waals surface area contributed by atoms with Gasteiger partial charge >= 0.3 is 0 Å². The highest BCUT2D eigenvalue weighted by Crippen LogP contribution is 2.28. The van der Waals surface area contributed by atoms with Crippen molar-refractivity contribution in [3.63, 3.8) is 0 Å². The molecule has 2 heterocycles. The van der Waals surface area contributed by atoms with Crippen LogP contribution >= 0.6 is 24.8 Å². The third-order valence-corrected chi connectivity index (χ3v) is 5.37. The number of hydrogen-bond donors (Lipinski definition) is 1. The van der Waals surface area contributed by atoms with Gasteiger partial charge in [0.15, 0.2) is 0 Å². The number of amides is 1. The summed E-state index contributed by atoms with van der Waals surface area (Å²) < 4.78 is 5.39. The fourth-order valence-electron chi connectivity index (χ4n) is 3.87. The number of carbonyl (C=O) groups excluding carboxylic acids is 1. The van der Waals surface area contributed by atoms with Gasteiger partial charge in [0.05, 0.1) is 13.2 Å². The number of nitrogens with two attached hydrogens (primary N) is 1. The summed E-state index contributed by atoms with van der Waals surface area (Å²) in [5, 5.41) is 0. The topological polar surface area (TPSA) is 58.8 Å². The molecule has 0 unspecified atom stereocenters. The quantitative estimate of drug-likeness (QED) is 0.823. The van der Waals surface area contributed by atoms with E-state index in [2.05, 4.69) is 17.0 Å². The molecule has 1 amide bonds. The molecular formula is C21H27Cl2N3O2. The van der Waals surface area contributed by atoms with Gasteiger partial charge in [-0.05, 0) is 29.8 Å². The van der Waals surface area contributed by atoms with Gasteiger partial charge in [-0.3, -0.25) is 4.79 Å². The van der Waals surface area contributed by atoms with Gasteiger partial charge < -0.3 is 20.3 Å². The number of carbonyl (C=O) groups is 1. The van der Waals surface area contributed by atoms with E-state index >= 15 is 0 Å². The van der Waals surface area contributed by atoms with E-state index in [0.29, 0.717) is 13.1 Å². The van der Waals surface area contributed by atoms with Gasteiger partial charge in [0.1, 0.15) is 0 Å². The predicted molar refractivity (Wildman–Crippen MR) is 117 cm³/mol. The maximum atomic E-state index is 12.9. The van der Waals surface area contributed by atoms with Gasteiger partial charge in [-0.2, -0.15) is 0 Å². The van der Waals surface area contributed by atoms with Crippen molar-refractivity contribution in [1.29, 1.82) is 0 Å². The second-order valence-corrected chi connectivity index (χ2v) is 7.04. The number of morpholine rings is 1. The Bertz CT molecular complexity index is 752. The lowest BCUT2D eigenvalue weighted by Gasteiger charge is -2.29. The number of likely N-dealkylation sites (tertiary alicyclic amines) is 1. The Labute approximate surface area is 178 Å². The Kier molecular flexibility index (Phi) is 8.13. The molecule has 5 nitrogen and oxygen atoms in total. The zero-order valence-corrected chi connectivity index (χ0v) is 17.3. The van der Waals surface area contributed by atoms with Crippen LogP contribution in [0.3, 0.4) is 0 Å². The van der Waals surface area contributed by atoms with Crippen molar-refractivity contribution >= 4 is 36.4 Å². The lowest BCUT2D eigenvalue weighted by molar-refractivity contribution is 0.0789. The van der Waals surface area contributed by atoms with Crippen molar-refractivity contribution in [1.82, 2.24) is 4.90 Å². The molecule has 0 aliphatic carbocycles. The minimum Gasteiger partial charge on any atom is -0.378 e. The first-order valence-corrected chi connectivity index (χ1v) is 9.25. The van der Waals surface area contributed by atoms with Gasteiger partial charge in [-0.1, -0.05) is 30.3 Å². The molecule has 0 spiro atoms. The molecule has 0 saturated carbocycles. The zero-order valence-electron chi connectivity index (χ0n) is 15.7. The molecule has 2 aromatic rings. The monoisotopic (exact) mass is 423 g/mol. The van der Waals surface area contributed by atoms with Crippen molar-refractivity contribution in [2.45, 2.75) is 12.0 Å². The minimum atomic E-state index is -0.0195. The summed E-state index contributed by atoms with van der Waals surface area (Å²) in [4.78, 5) is 17.1. The Hall–Kier alpha value is -1.79. The Balaban J connectivity index is 0.00000140. The Morgan fingerprint density at radius 1 is 0.929 bits per heavy atom. The lowest BCUT2D eigenvalue weighted by Crippen LogP contribution is -2.36. The van der Waals surface area contributed by atoms with Crippen LogP contribution in [0.4, 0.5) is 5.69 Å². The molecule has 0 radical (unpaired) electrons. The summed E-state index contributed by atoms with van der Waals surface area (Å²) in [6.07, 6.45) is 0. The second kappa shape index (κ2) is 10.1. The molecule has 2 fully saturated rings. The molecule has 0 bridgehead atoms. The molecule has 2 N–H and O–H groups in total. The Morgan fingerprint density at radius 2 is 1.57 bits per heavy atom. The van der Waals surface area contributed by atoms with Crippen molar-refractivity contribution in [3.8, 4) is 0 Å². The largest absolute Gasteiger partial charge is 0.378 e. The summed E-state index contributed by atoms with van der Waals surface area (Å²) in [7, 11) is 0. The summed E-state index contributed by atoms with van der Waals surface area (Å²) in [6, 6.07) is 18.1. The molecule has 0 aromatic heterocycles. The van der Waals surface area contributed by atoms with Gasteiger partial charge in [0.2, 0.25) is 0 Å². The lowest BCUT2D eigenvalue weighted by atomic mass is 9.95. The normalized spacial score (nSPS) is 21.6. The molecule has 2 saturated heterocycles. The van der Waals surface area contributed by atoms with Gasteiger partial charge in [-0.15, -0.1) is 24.8 Å². The Morgan fingerprint density at radius 3 is 2.21 bits per heavy atom. The number of rotatable bonds is 3. The van der Waals surface area contributed by atoms with E-state index in [4.69, 9.17) is 10.5 Å². The van der Waals surface area contributed by atoms with Crippen molar-refractivity contribution in [2.24, 2.45) is 5.73 Å². The van der Waals surface area contributed by atoms with E-state index < -0.39 is 0 Å². The van der Waals surface area contributed by atoms with Crippen LogP contribution in [0.5, 0.6) is 0 Å². The van der Waals surface area contributed by atoms with Gasteiger partial charge in [0.25, 0.3) is 5.91 Å². The van der Waals surface area contributed by atoms with Crippen molar-refractivity contribution in [3.05, 3.63) is 65.7 Å². The summed E-state index contributed by atoms with van der Waals surface area (Å²) in [5.41, 5.74) is 9.40. The maximum Gasteiger partial charge on any atom is 0.253 e. The highest BCUT2D eigenvalue weighted by molar-refractivity contribution is 5.95. The predicted octanol–water partition coefficient (Wildman–Crippen LogP) is 2.93. The SMILES string of the molecule is Cl.Cl.N[C@@H]1CN(C(=O)c2ccc(N3CCOCC3)cc2)C[C@H]1c1ccccc1. The highest BCUT2D eigenvalue weighted by Gasteiger charge is 2.34. The molecule has 152 valence electrons. The standard InChI is InChI=1S/C21H25N3O2.2ClH/c22-20-15-24(14-19(20)16-4-2-1-3-5-16)21(25)17-6-8-18(9-7-17)23-10-12-26-13-11-23;;/h1-9,19-20H,10-15,22H2;2*1H/t19-,20+;;/m0../s1. The fraction of sp³-hybridized carbons (Fsp3) is 0.381. The molecule has 4 rings (SSSR count). The second-order valence-electron chi connectivity index (χ2n) is 7.04. The zero-order chi connectivity index (χ0) is 17.9. The van der Waals surface area contributed by atoms with E-state index in [9.17, 15) is 4.79 Å². The van der Waals surface area contributed by atoms with Crippen LogP contribution in [0.2, 0.25) is 0 Å². The number of hydrogen-bond acceptors (Lipinski definition) is 4. The number of benzene rings is 2. The smallest absolute Gasteiger partial charge is 0.253 e. The third-order valence-electron chi connectivity index (χ3n) is 5.37. The van der Waals surface area contributed by atoms with Gasteiger partial charge in [0, 0.05) is 49.4 Å². The summed E-state index contributed by atoms with van der Waals surface area (Å²) in [5.74, 6) is 0.264. The number of halogens is 2. The number of anilines is 1. The molecule has 2 aliphatic heterocycles. The first-order valence-electron chi connectivity index (χ1n) is 9.25. The number of ether oxygens (including phenoxy) is 1. The molecule has 28 heavy (non-hydrogen) atoms. The van der Waals surface area contributed by atoms with E-state index in [1.54, 1.807) is 0 Å². The van der Waals surface area contributed by atoms with E-state index in [1.807, 2.05) is 47.4 Å². The van der Waals surface area contributed by atoms with E-state index in [-0.39, 0.29) is 42.7 Å². The van der Waals surface area contributed by atoms with E-state index in [0.717, 1.165) is 37.6 Å². The molecular weight excluding hydrogens is 397 g/mol. The van der Waals surface area contributed by atoms with Crippen molar-refractivity contribution < 1.29 is 9.53 Å². The van der Waals surface area contributed by atoms with Crippen molar-refractivity contribution in [2.75, 3.05) is 44.3 Å². The van der Waals surface area contributed by atoms with Crippen LogP contribution in [-0.2, 0) is 4.74 Å². The van der Waals surface area contributed by atoms with Crippen LogP contribution in [0.1, 0.15) is 21.8 Å². The first-order chi connectivity index (χ1) is 12.7. The molecule has 2 aromatic carbocycles. The van der Waals surface area contributed by atoms with Crippen LogP contribution < -0.4 is 10.6 Å². The summed E-state index contributed by atoms with van der Waals surface area (Å²) in [6.45, 7) is 4.58. The van der Waals surface area contributed by atoms with Gasteiger partial charge in [-0.25, -0.2) is 0 Å². The molecule has 2 aliphatic rings. The average Bonchev–Trinajstić information content (AvgIpc) is 3.10. The molecule has 2 atom stereocenters. The maximum absolute atomic E-state index is 12.9. The minimum absolute atomic E-state index is 0. The highest BCUT2D eigenvalue weighted by atomic mass is 35.5.